The zero-order valence-corrected chi connectivity index (χ0v) is 14.6. The summed E-state index contributed by atoms with van der Waals surface area (Å²) >= 11 is 0. The van der Waals surface area contributed by atoms with E-state index < -0.39 is 9.73 Å². The molecule has 0 radical (unpaired) electrons. The van der Waals surface area contributed by atoms with E-state index in [-0.39, 0.29) is 0 Å². The quantitative estimate of drug-likeness (QED) is 0.674. The summed E-state index contributed by atoms with van der Waals surface area (Å²) in [4.78, 5) is 0.619. The van der Waals surface area contributed by atoms with Gasteiger partial charge >= 0.3 is 0 Å². The van der Waals surface area contributed by atoms with E-state index in [0.717, 1.165) is 11.1 Å². The van der Waals surface area contributed by atoms with Crippen molar-refractivity contribution >= 4 is 9.73 Å². The van der Waals surface area contributed by atoms with Crippen LogP contribution in [0.15, 0.2) is 83.8 Å². The minimum Gasteiger partial charge on any atom is -0.249 e. The molecule has 3 aromatic carbocycles. The second kappa shape index (κ2) is 7.02. The van der Waals surface area contributed by atoms with E-state index in [2.05, 4.69) is 36.4 Å². The molecular weight excluding hydrogens is 314 g/mol. The highest BCUT2D eigenvalue weighted by atomic mass is 32.2. The van der Waals surface area contributed by atoms with Gasteiger partial charge in [0.15, 0.2) is 0 Å². The van der Waals surface area contributed by atoms with Crippen LogP contribution >= 0.6 is 0 Å². The van der Waals surface area contributed by atoms with Gasteiger partial charge in [0, 0.05) is 10.6 Å². The van der Waals surface area contributed by atoms with Gasteiger partial charge in [-0.25, -0.2) is 8.99 Å². The SMILES string of the molecule is Cc1ccc(S(=N)(=O)CCc2ccc(-c3ccccc3)cc2)cc1. The van der Waals surface area contributed by atoms with Gasteiger partial charge in [-0.15, -0.1) is 0 Å². The molecule has 3 heteroatoms. The summed E-state index contributed by atoms with van der Waals surface area (Å²) in [6, 6.07) is 26.0. The zero-order chi connectivity index (χ0) is 17.0. The molecule has 2 nitrogen and oxygen atoms in total. The second-order valence-electron chi connectivity index (χ2n) is 6.01. The fraction of sp³-hybridized carbons (Fsp3) is 0.143. The van der Waals surface area contributed by atoms with Crippen LogP contribution in [-0.2, 0) is 16.1 Å². The van der Waals surface area contributed by atoms with Gasteiger partial charge in [-0.2, -0.15) is 0 Å². The maximum absolute atomic E-state index is 12.6. The Morgan fingerprint density at radius 3 is 2.00 bits per heavy atom. The molecule has 0 saturated heterocycles. The average molecular weight is 335 g/mol. The first-order valence-corrected chi connectivity index (χ1v) is 9.75. The van der Waals surface area contributed by atoms with Gasteiger partial charge in [0.05, 0.1) is 9.73 Å². The van der Waals surface area contributed by atoms with Gasteiger partial charge in [0.2, 0.25) is 0 Å². The Labute approximate surface area is 144 Å². The standard InChI is InChI=1S/C21H21NOS/c1-17-7-13-21(14-8-17)24(22,23)16-15-18-9-11-20(12-10-18)19-5-3-2-4-6-19/h2-14,22H,15-16H2,1H3. The molecule has 0 bridgehead atoms. The molecule has 1 atom stereocenters. The lowest BCUT2D eigenvalue weighted by Crippen LogP contribution is -2.07. The van der Waals surface area contributed by atoms with Gasteiger partial charge < -0.3 is 0 Å². The van der Waals surface area contributed by atoms with Crippen molar-refractivity contribution in [3.8, 4) is 11.1 Å². The first-order valence-electron chi connectivity index (χ1n) is 8.02. The van der Waals surface area contributed by atoms with Crippen molar-refractivity contribution in [2.75, 3.05) is 5.75 Å². The van der Waals surface area contributed by atoms with Crippen molar-refractivity contribution in [2.45, 2.75) is 18.2 Å². The molecule has 0 aliphatic heterocycles. The number of hydrogen-bond acceptors (Lipinski definition) is 2. The van der Waals surface area contributed by atoms with Crippen LogP contribution in [-0.4, -0.2) is 9.96 Å². The molecule has 0 saturated carbocycles. The minimum absolute atomic E-state index is 0.348. The molecule has 0 fully saturated rings. The minimum atomic E-state index is -2.74. The number of aryl methyl sites for hydroxylation is 2. The fourth-order valence-corrected chi connectivity index (χ4v) is 3.97. The molecule has 24 heavy (non-hydrogen) atoms. The first-order chi connectivity index (χ1) is 11.5. The van der Waals surface area contributed by atoms with Gasteiger partial charge in [0.1, 0.15) is 0 Å². The highest BCUT2D eigenvalue weighted by Gasteiger charge is 2.10. The number of benzene rings is 3. The number of nitrogens with one attached hydrogen (secondary N) is 1. The zero-order valence-electron chi connectivity index (χ0n) is 13.7. The predicted octanol–water partition coefficient (Wildman–Crippen LogP) is 5.31. The Morgan fingerprint density at radius 1 is 0.792 bits per heavy atom. The monoisotopic (exact) mass is 335 g/mol. The molecule has 0 amide bonds. The van der Waals surface area contributed by atoms with Crippen LogP contribution in [0.25, 0.3) is 11.1 Å². The lowest BCUT2D eigenvalue weighted by molar-refractivity contribution is 0.674. The maximum Gasteiger partial charge on any atom is 0.0729 e. The molecule has 3 aromatic rings. The lowest BCUT2D eigenvalue weighted by atomic mass is 10.0. The third-order valence-electron chi connectivity index (χ3n) is 4.14. The van der Waals surface area contributed by atoms with Crippen LogP contribution in [0.4, 0.5) is 0 Å². The van der Waals surface area contributed by atoms with Crippen molar-refractivity contribution in [3.05, 3.63) is 90.0 Å². The topological polar surface area (TPSA) is 40.9 Å². The number of rotatable bonds is 5. The average Bonchev–Trinajstić information content (AvgIpc) is 2.62. The van der Waals surface area contributed by atoms with E-state index in [1.54, 1.807) is 0 Å². The van der Waals surface area contributed by atoms with Gasteiger partial charge in [0.25, 0.3) is 0 Å². The van der Waals surface area contributed by atoms with Crippen molar-refractivity contribution in [3.63, 3.8) is 0 Å². The van der Waals surface area contributed by atoms with E-state index in [4.69, 9.17) is 4.78 Å². The summed E-state index contributed by atoms with van der Waals surface area (Å²) in [7, 11) is -2.74. The van der Waals surface area contributed by atoms with E-state index in [9.17, 15) is 4.21 Å². The molecule has 122 valence electrons. The van der Waals surface area contributed by atoms with Crippen molar-refractivity contribution in [1.29, 1.82) is 4.78 Å². The van der Waals surface area contributed by atoms with Crippen LogP contribution < -0.4 is 0 Å². The maximum atomic E-state index is 12.6. The van der Waals surface area contributed by atoms with Gasteiger partial charge in [-0.3, -0.25) is 0 Å². The molecule has 3 rings (SSSR count). The molecule has 0 spiro atoms. The molecule has 0 aromatic heterocycles. The molecule has 0 aliphatic rings. The lowest BCUT2D eigenvalue weighted by Gasteiger charge is -2.09. The summed E-state index contributed by atoms with van der Waals surface area (Å²) in [6.07, 6.45) is 0.644. The largest absolute Gasteiger partial charge is 0.249 e. The Kier molecular flexibility index (Phi) is 4.81. The molecule has 0 aliphatic carbocycles. The van der Waals surface area contributed by atoms with E-state index in [0.29, 0.717) is 17.1 Å². The Balaban J connectivity index is 1.69. The normalized spacial score (nSPS) is 13.4. The molecular formula is C21H21NOS. The van der Waals surface area contributed by atoms with E-state index in [1.165, 1.54) is 11.1 Å². The van der Waals surface area contributed by atoms with Gasteiger partial charge in [-0.1, -0.05) is 72.3 Å². The third-order valence-corrected chi connectivity index (χ3v) is 5.95. The summed E-state index contributed by atoms with van der Waals surface area (Å²) in [5, 5.41) is 0. The fourth-order valence-electron chi connectivity index (χ4n) is 2.63. The summed E-state index contributed by atoms with van der Waals surface area (Å²) in [5.74, 6) is 0.348. The van der Waals surface area contributed by atoms with Crippen molar-refractivity contribution in [2.24, 2.45) is 0 Å². The Morgan fingerprint density at radius 2 is 1.38 bits per heavy atom. The van der Waals surface area contributed by atoms with Crippen molar-refractivity contribution < 1.29 is 4.21 Å². The van der Waals surface area contributed by atoms with Crippen LogP contribution in [0.2, 0.25) is 0 Å². The summed E-state index contributed by atoms with van der Waals surface area (Å²) in [6.45, 7) is 1.99. The van der Waals surface area contributed by atoms with Crippen molar-refractivity contribution in [1.82, 2.24) is 0 Å². The highest BCUT2D eigenvalue weighted by molar-refractivity contribution is 7.92. The predicted molar refractivity (Wildman–Crippen MR) is 101 cm³/mol. The third kappa shape index (κ3) is 3.92. The van der Waals surface area contributed by atoms with Crippen LogP contribution in [0.1, 0.15) is 11.1 Å². The van der Waals surface area contributed by atoms with Crippen LogP contribution in [0.3, 0.4) is 0 Å². The summed E-state index contributed by atoms with van der Waals surface area (Å²) < 4.78 is 20.8. The molecule has 1 unspecified atom stereocenters. The second-order valence-corrected chi connectivity index (χ2v) is 8.24. The van der Waals surface area contributed by atoms with Gasteiger partial charge in [-0.05, 0) is 42.2 Å². The smallest absolute Gasteiger partial charge is 0.0729 e. The molecule has 1 N–H and O–H groups in total. The van der Waals surface area contributed by atoms with Crippen LogP contribution in [0.5, 0.6) is 0 Å². The Hall–Kier alpha value is -2.39. The number of hydrogen-bond donors (Lipinski definition) is 1. The van der Waals surface area contributed by atoms with E-state index >= 15 is 0 Å². The highest BCUT2D eigenvalue weighted by Crippen LogP contribution is 2.20. The van der Waals surface area contributed by atoms with Crippen LogP contribution in [0, 0.1) is 11.7 Å². The Bertz CT molecular complexity index is 896. The first kappa shape index (κ1) is 16.5. The van der Waals surface area contributed by atoms with E-state index in [1.807, 2.05) is 49.4 Å². The summed E-state index contributed by atoms with van der Waals surface area (Å²) in [5.41, 5.74) is 4.59. The molecule has 0 heterocycles.